The predicted octanol–water partition coefficient (Wildman–Crippen LogP) is -1.23. The van der Waals surface area contributed by atoms with E-state index in [1.807, 2.05) is 0 Å². The Bertz CT molecular complexity index is 265. The second-order valence-corrected chi connectivity index (χ2v) is 3.00. The van der Waals surface area contributed by atoms with Crippen molar-refractivity contribution in [1.29, 1.82) is 0 Å². The van der Waals surface area contributed by atoms with Gasteiger partial charge in [0.1, 0.15) is 12.1 Å². The summed E-state index contributed by atoms with van der Waals surface area (Å²) in [6, 6.07) is -2.22. The standard InChI is InChI=1S/C8H12N2O5/c1-14-6(11)4-3-5(7(12)15-2)10-8(13)9-4/h4-5H,3H2,1-2H3,(H2,9,10,13). The molecule has 2 atom stereocenters. The van der Waals surface area contributed by atoms with Gasteiger partial charge in [0, 0.05) is 6.42 Å². The van der Waals surface area contributed by atoms with Crippen LogP contribution in [0.15, 0.2) is 0 Å². The second kappa shape index (κ2) is 4.63. The SMILES string of the molecule is COC(=O)C1CC(C(=O)OC)NC(=O)N1. The van der Waals surface area contributed by atoms with Crippen LogP contribution in [0.3, 0.4) is 0 Å². The molecule has 1 rings (SSSR count). The molecule has 7 nitrogen and oxygen atoms in total. The van der Waals surface area contributed by atoms with E-state index in [0.29, 0.717) is 0 Å². The van der Waals surface area contributed by atoms with E-state index < -0.39 is 30.1 Å². The molecule has 2 unspecified atom stereocenters. The molecule has 7 heteroatoms. The monoisotopic (exact) mass is 216 g/mol. The van der Waals surface area contributed by atoms with Crippen LogP contribution in [0.1, 0.15) is 6.42 Å². The van der Waals surface area contributed by atoms with Crippen LogP contribution in [0.4, 0.5) is 4.79 Å². The lowest BCUT2D eigenvalue weighted by atomic mass is 10.1. The number of nitrogens with one attached hydrogen (secondary N) is 2. The number of amides is 2. The van der Waals surface area contributed by atoms with Crippen molar-refractivity contribution in [2.45, 2.75) is 18.5 Å². The highest BCUT2D eigenvalue weighted by Crippen LogP contribution is 2.07. The number of carbonyl (C=O) groups excluding carboxylic acids is 3. The maximum absolute atomic E-state index is 11.2. The molecule has 1 aliphatic rings. The van der Waals surface area contributed by atoms with Crippen molar-refractivity contribution in [1.82, 2.24) is 10.6 Å². The van der Waals surface area contributed by atoms with Gasteiger partial charge in [-0.05, 0) is 0 Å². The van der Waals surface area contributed by atoms with Crippen molar-refractivity contribution < 1.29 is 23.9 Å². The van der Waals surface area contributed by atoms with Gasteiger partial charge in [-0.2, -0.15) is 0 Å². The first-order chi connectivity index (χ1) is 7.08. The van der Waals surface area contributed by atoms with E-state index in [0.717, 1.165) is 0 Å². The molecule has 0 spiro atoms. The summed E-state index contributed by atoms with van der Waals surface area (Å²) in [4.78, 5) is 33.4. The normalized spacial score (nSPS) is 24.8. The zero-order valence-electron chi connectivity index (χ0n) is 8.40. The molecule has 0 aliphatic carbocycles. The molecular weight excluding hydrogens is 204 g/mol. The third-order valence-corrected chi connectivity index (χ3v) is 2.05. The second-order valence-electron chi connectivity index (χ2n) is 3.00. The highest BCUT2D eigenvalue weighted by atomic mass is 16.5. The summed E-state index contributed by atoms with van der Waals surface area (Å²) < 4.78 is 8.93. The fourth-order valence-electron chi connectivity index (χ4n) is 1.31. The predicted molar refractivity (Wildman–Crippen MR) is 47.9 cm³/mol. The first-order valence-corrected chi connectivity index (χ1v) is 4.31. The minimum Gasteiger partial charge on any atom is -0.467 e. The average molecular weight is 216 g/mol. The van der Waals surface area contributed by atoms with Crippen LogP contribution >= 0.6 is 0 Å². The average Bonchev–Trinajstić information content (AvgIpc) is 2.26. The van der Waals surface area contributed by atoms with E-state index in [2.05, 4.69) is 20.1 Å². The first kappa shape index (κ1) is 11.3. The first-order valence-electron chi connectivity index (χ1n) is 4.31. The summed E-state index contributed by atoms with van der Waals surface area (Å²) in [7, 11) is 2.42. The molecule has 2 N–H and O–H groups in total. The number of methoxy groups -OCH3 is 2. The molecule has 0 aromatic heterocycles. The molecule has 1 aliphatic heterocycles. The van der Waals surface area contributed by atoms with Gasteiger partial charge < -0.3 is 20.1 Å². The van der Waals surface area contributed by atoms with Crippen molar-refractivity contribution in [3.8, 4) is 0 Å². The summed E-state index contributed by atoms with van der Waals surface area (Å²) in [6.45, 7) is 0. The number of urea groups is 1. The topological polar surface area (TPSA) is 93.7 Å². The largest absolute Gasteiger partial charge is 0.467 e. The van der Waals surface area contributed by atoms with Crippen LogP contribution in [0.5, 0.6) is 0 Å². The van der Waals surface area contributed by atoms with Gasteiger partial charge in [-0.15, -0.1) is 0 Å². The molecule has 0 aromatic carbocycles. The number of hydrogen-bond acceptors (Lipinski definition) is 5. The van der Waals surface area contributed by atoms with Crippen LogP contribution in [-0.2, 0) is 19.1 Å². The quantitative estimate of drug-likeness (QED) is 0.564. The molecule has 0 radical (unpaired) electrons. The molecule has 84 valence electrons. The van der Waals surface area contributed by atoms with E-state index in [-0.39, 0.29) is 6.42 Å². The summed E-state index contributed by atoms with van der Waals surface area (Å²) in [5, 5.41) is 4.69. The van der Waals surface area contributed by atoms with Crippen molar-refractivity contribution in [3.63, 3.8) is 0 Å². The van der Waals surface area contributed by atoms with Crippen LogP contribution in [-0.4, -0.2) is 44.3 Å². The summed E-state index contributed by atoms with van der Waals surface area (Å²) in [5.74, 6) is -1.17. The molecule has 2 amide bonds. The van der Waals surface area contributed by atoms with Gasteiger partial charge in [0.05, 0.1) is 14.2 Å². The lowest BCUT2D eigenvalue weighted by Crippen LogP contribution is -2.59. The zero-order valence-corrected chi connectivity index (χ0v) is 8.40. The van der Waals surface area contributed by atoms with E-state index in [4.69, 9.17) is 0 Å². The van der Waals surface area contributed by atoms with Gasteiger partial charge in [-0.1, -0.05) is 0 Å². The Balaban J connectivity index is 2.67. The van der Waals surface area contributed by atoms with Gasteiger partial charge in [0.2, 0.25) is 0 Å². The fourth-order valence-corrected chi connectivity index (χ4v) is 1.31. The maximum atomic E-state index is 11.2. The van der Waals surface area contributed by atoms with E-state index in [1.165, 1.54) is 14.2 Å². The van der Waals surface area contributed by atoms with Crippen LogP contribution < -0.4 is 10.6 Å². The maximum Gasteiger partial charge on any atom is 0.328 e. The van der Waals surface area contributed by atoms with Crippen molar-refractivity contribution in [3.05, 3.63) is 0 Å². The molecule has 0 saturated carbocycles. The number of hydrogen-bond donors (Lipinski definition) is 2. The molecule has 1 fully saturated rings. The Morgan fingerprint density at radius 2 is 1.53 bits per heavy atom. The highest BCUT2D eigenvalue weighted by molar-refractivity contribution is 5.90. The fraction of sp³-hybridized carbons (Fsp3) is 0.625. The van der Waals surface area contributed by atoms with Crippen LogP contribution in [0.25, 0.3) is 0 Å². The van der Waals surface area contributed by atoms with Crippen LogP contribution in [0.2, 0.25) is 0 Å². The third-order valence-electron chi connectivity index (χ3n) is 2.05. The lowest BCUT2D eigenvalue weighted by molar-refractivity contribution is -0.146. The smallest absolute Gasteiger partial charge is 0.328 e. The Morgan fingerprint density at radius 1 is 1.13 bits per heavy atom. The Morgan fingerprint density at radius 3 is 1.87 bits per heavy atom. The lowest BCUT2D eigenvalue weighted by Gasteiger charge is -2.27. The third kappa shape index (κ3) is 2.58. The number of ether oxygens (including phenoxy) is 2. The highest BCUT2D eigenvalue weighted by Gasteiger charge is 2.35. The molecule has 0 bridgehead atoms. The number of carbonyl (C=O) groups is 3. The summed E-state index contributed by atoms with van der Waals surface area (Å²) in [5.41, 5.74) is 0. The molecule has 1 heterocycles. The van der Waals surface area contributed by atoms with Gasteiger partial charge in [-0.25, -0.2) is 14.4 Å². The van der Waals surface area contributed by atoms with Gasteiger partial charge >= 0.3 is 18.0 Å². The van der Waals surface area contributed by atoms with Crippen molar-refractivity contribution in [2.75, 3.05) is 14.2 Å². The summed E-state index contributed by atoms with van der Waals surface area (Å²) >= 11 is 0. The molecule has 0 aromatic rings. The van der Waals surface area contributed by atoms with Gasteiger partial charge in [0.25, 0.3) is 0 Å². The van der Waals surface area contributed by atoms with Crippen LogP contribution in [0, 0.1) is 0 Å². The molecule has 15 heavy (non-hydrogen) atoms. The van der Waals surface area contributed by atoms with E-state index in [1.54, 1.807) is 0 Å². The number of esters is 2. The van der Waals surface area contributed by atoms with E-state index >= 15 is 0 Å². The summed E-state index contributed by atoms with van der Waals surface area (Å²) in [6.07, 6.45) is 0.116. The Labute approximate surface area is 86.1 Å². The molecular formula is C8H12N2O5. The molecule has 1 saturated heterocycles. The minimum absolute atomic E-state index is 0.116. The number of rotatable bonds is 2. The van der Waals surface area contributed by atoms with Gasteiger partial charge in [-0.3, -0.25) is 0 Å². The van der Waals surface area contributed by atoms with E-state index in [9.17, 15) is 14.4 Å². The minimum atomic E-state index is -0.812. The Hall–Kier alpha value is -1.79. The zero-order chi connectivity index (χ0) is 11.4. The van der Waals surface area contributed by atoms with Crippen molar-refractivity contribution in [2.24, 2.45) is 0 Å². The van der Waals surface area contributed by atoms with Gasteiger partial charge in [0.15, 0.2) is 0 Å². The van der Waals surface area contributed by atoms with Crippen molar-refractivity contribution >= 4 is 18.0 Å². The Kier molecular flexibility index (Phi) is 3.48.